The summed E-state index contributed by atoms with van der Waals surface area (Å²) in [5, 5.41) is 7.58. The lowest BCUT2D eigenvalue weighted by Crippen LogP contribution is -2.26. The fraction of sp³-hybridized carbons (Fsp3) is 0.385. The molecular weight excluding hydrogens is 212 g/mol. The zero-order chi connectivity index (χ0) is 11.5. The second-order valence-corrected chi connectivity index (χ2v) is 4.23. The predicted molar refractivity (Wildman–Crippen MR) is 65.5 cm³/mol. The summed E-state index contributed by atoms with van der Waals surface area (Å²) < 4.78 is 1.79. The van der Waals surface area contributed by atoms with E-state index in [2.05, 4.69) is 27.2 Å². The zero-order valence-corrected chi connectivity index (χ0v) is 9.56. The van der Waals surface area contributed by atoms with Crippen LogP contribution < -0.4 is 5.32 Å². The van der Waals surface area contributed by atoms with Gasteiger partial charge < -0.3 is 5.32 Å². The van der Waals surface area contributed by atoms with Crippen LogP contribution in [-0.2, 0) is 0 Å². The third-order valence-electron chi connectivity index (χ3n) is 3.02. The van der Waals surface area contributed by atoms with Crippen molar-refractivity contribution >= 4 is 5.65 Å². The second kappa shape index (κ2) is 4.56. The van der Waals surface area contributed by atoms with Crippen molar-refractivity contribution in [1.82, 2.24) is 19.9 Å². The maximum absolute atomic E-state index is 4.27. The monoisotopic (exact) mass is 226 g/mol. The van der Waals surface area contributed by atoms with Crippen molar-refractivity contribution in [2.75, 3.05) is 13.1 Å². The Balaban J connectivity index is 1.87. The van der Waals surface area contributed by atoms with Crippen LogP contribution in [-0.4, -0.2) is 27.7 Å². The van der Waals surface area contributed by atoms with Gasteiger partial charge in [-0.15, -0.1) is 0 Å². The van der Waals surface area contributed by atoms with Gasteiger partial charge in [-0.05, 0) is 44.0 Å². The van der Waals surface area contributed by atoms with Crippen LogP contribution in [0.5, 0.6) is 0 Å². The minimum absolute atomic E-state index is 0.505. The molecule has 0 atom stereocenters. The molecule has 3 heterocycles. The van der Waals surface area contributed by atoms with Crippen LogP contribution in [0, 0.1) is 17.8 Å². The fourth-order valence-electron chi connectivity index (χ4n) is 2.06. The Hall–Kier alpha value is -1.86. The summed E-state index contributed by atoms with van der Waals surface area (Å²) >= 11 is 0. The highest BCUT2D eigenvalue weighted by molar-refractivity contribution is 5.42. The standard InChI is InChI=1S/C13H14N4/c1-2-13-15-10-12(17(13)16-7-1)4-3-11-5-8-14-9-6-11/h1-2,7,10-11,14H,5-6,8-9H2. The SMILES string of the molecule is C(#CC1CCNCC1)c1cnc2cccnn12. The molecule has 1 aliphatic heterocycles. The number of fused-ring (bicyclic) bond motifs is 1. The Kier molecular flexibility index (Phi) is 2.76. The van der Waals surface area contributed by atoms with Gasteiger partial charge in [-0.3, -0.25) is 0 Å². The molecule has 0 bridgehead atoms. The van der Waals surface area contributed by atoms with Gasteiger partial charge in [0.25, 0.3) is 0 Å². The first-order valence-corrected chi connectivity index (χ1v) is 5.94. The van der Waals surface area contributed by atoms with E-state index in [1.807, 2.05) is 12.1 Å². The van der Waals surface area contributed by atoms with Gasteiger partial charge in [-0.1, -0.05) is 5.92 Å². The van der Waals surface area contributed by atoms with E-state index in [1.165, 1.54) is 0 Å². The van der Waals surface area contributed by atoms with E-state index in [-0.39, 0.29) is 0 Å². The van der Waals surface area contributed by atoms with Gasteiger partial charge in [0.2, 0.25) is 0 Å². The normalized spacial score (nSPS) is 16.7. The highest BCUT2D eigenvalue weighted by atomic mass is 15.2. The summed E-state index contributed by atoms with van der Waals surface area (Å²) in [6.07, 6.45) is 5.81. The first kappa shape index (κ1) is 10.3. The molecule has 1 saturated heterocycles. The minimum atomic E-state index is 0.505. The van der Waals surface area contributed by atoms with Crippen molar-refractivity contribution in [1.29, 1.82) is 0 Å². The molecule has 1 fully saturated rings. The summed E-state index contributed by atoms with van der Waals surface area (Å²) in [4.78, 5) is 4.27. The Morgan fingerprint density at radius 1 is 1.35 bits per heavy atom. The van der Waals surface area contributed by atoms with Gasteiger partial charge in [-0.2, -0.15) is 5.10 Å². The molecule has 0 amide bonds. The molecule has 4 nitrogen and oxygen atoms in total. The first-order valence-electron chi connectivity index (χ1n) is 5.94. The Morgan fingerprint density at radius 2 is 2.24 bits per heavy atom. The number of imidazole rings is 1. The van der Waals surface area contributed by atoms with Gasteiger partial charge in [0.05, 0.1) is 6.20 Å². The van der Waals surface area contributed by atoms with Crippen LogP contribution in [0.3, 0.4) is 0 Å². The molecule has 0 radical (unpaired) electrons. The average molecular weight is 226 g/mol. The highest BCUT2D eigenvalue weighted by Gasteiger charge is 2.09. The summed E-state index contributed by atoms with van der Waals surface area (Å²) in [5.41, 5.74) is 1.72. The predicted octanol–water partition coefficient (Wildman–Crippen LogP) is 1.08. The van der Waals surface area contributed by atoms with Crippen LogP contribution in [0.15, 0.2) is 24.5 Å². The van der Waals surface area contributed by atoms with Crippen LogP contribution in [0.25, 0.3) is 5.65 Å². The van der Waals surface area contributed by atoms with Crippen LogP contribution >= 0.6 is 0 Å². The molecule has 1 aliphatic rings. The van der Waals surface area contributed by atoms with E-state index >= 15 is 0 Å². The van der Waals surface area contributed by atoms with Gasteiger partial charge >= 0.3 is 0 Å². The Bertz CT molecular complexity index is 570. The van der Waals surface area contributed by atoms with Crippen molar-refractivity contribution < 1.29 is 0 Å². The first-order chi connectivity index (χ1) is 8.43. The molecule has 0 unspecified atom stereocenters. The maximum Gasteiger partial charge on any atom is 0.154 e. The zero-order valence-electron chi connectivity index (χ0n) is 9.56. The highest BCUT2D eigenvalue weighted by Crippen LogP contribution is 2.10. The lowest BCUT2D eigenvalue weighted by molar-refractivity contribution is 0.447. The molecule has 0 saturated carbocycles. The van der Waals surface area contributed by atoms with Crippen molar-refractivity contribution in [2.45, 2.75) is 12.8 Å². The molecule has 17 heavy (non-hydrogen) atoms. The van der Waals surface area contributed by atoms with Crippen LogP contribution in [0.1, 0.15) is 18.5 Å². The number of hydrogen-bond acceptors (Lipinski definition) is 3. The maximum atomic E-state index is 4.27. The lowest BCUT2D eigenvalue weighted by Gasteiger charge is -2.17. The molecule has 1 N–H and O–H groups in total. The Labute approximate surface area is 100 Å². The van der Waals surface area contributed by atoms with Gasteiger partial charge in [-0.25, -0.2) is 9.50 Å². The van der Waals surface area contributed by atoms with Gasteiger partial charge in [0, 0.05) is 12.1 Å². The van der Waals surface area contributed by atoms with Gasteiger partial charge in [0.15, 0.2) is 5.65 Å². The largest absolute Gasteiger partial charge is 0.317 e. The topological polar surface area (TPSA) is 42.2 Å². The summed E-state index contributed by atoms with van der Waals surface area (Å²) in [5.74, 6) is 7.03. The molecule has 0 aliphatic carbocycles. The van der Waals surface area contributed by atoms with E-state index in [0.717, 1.165) is 37.3 Å². The molecule has 3 rings (SSSR count). The second-order valence-electron chi connectivity index (χ2n) is 4.23. The number of nitrogens with zero attached hydrogens (tertiary/aromatic N) is 3. The summed E-state index contributed by atoms with van der Waals surface area (Å²) in [7, 11) is 0. The third-order valence-corrected chi connectivity index (χ3v) is 3.02. The molecule has 0 spiro atoms. The van der Waals surface area contributed by atoms with E-state index in [1.54, 1.807) is 16.9 Å². The quantitative estimate of drug-likeness (QED) is 0.683. The third kappa shape index (κ3) is 2.15. The summed E-state index contributed by atoms with van der Waals surface area (Å²) in [6.45, 7) is 2.15. The van der Waals surface area contributed by atoms with Crippen LogP contribution in [0.4, 0.5) is 0 Å². The summed E-state index contributed by atoms with van der Waals surface area (Å²) in [6, 6.07) is 3.81. The smallest absolute Gasteiger partial charge is 0.154 e. The molecule has 0 aromatic carbocycles. The Morgan fingerprint density at radius 3 is 3.12 bits per heavy atom. The lowest BCUT2D eigenvalue weighted by atomic mass is 9.99. The van der Waals surface area contributed by atoms with Crippen molar-refractivity contribution in [2.24, 2.45) is 5.92 Å². The number of rotatable bonds is 0. The number of hydrogen-bond donors (Lipinski definition) is 1. The van der Waals surface area contributed by atoms with E-state index < -0.39 is 0 Å². The van der Waals surface area contributed by atoms with Crippen LogP contribution in [0.2, 0.25) is 0 Å². The number of nitrogens with one attached hydrogen (secondary N) is 1. The molecule has 2 aromatic rings. The van der Waals surface area contributed by atoms with Crippen molar-refractivity contribution in [3.63, 3.8) is 0 Å². The van der Waals surface area contributed by atoms with Gasteiger partial charge in [0.1, 0.15) is 5.69 Å². The van der Waals surface area contributed by atoms with Crippen molar-refractivity contribution in [3.8, 4) is 11.8 Å². The molecule has 86 valence electrons. The van der Waals surface area contributed by atoms with Crippen molar-refractivity contribution in [3.05, 3.63) is 30.2 Å². The molecular formula is C13H14N4. The van der Waals surface area contributed by atoms with E-state index in [4.69, 9.17) is 0 Å². The van der Waals surface area contributed by atoms with E-state index in [0.29, 0.717) is 5.92 Å². The average Bonchev–Trinajstić information content (AvgIpc) is 2.81. The minimum Gasteiger partial charge on any atom is -0.317 e. The molecule has 4 heteroatoms. The van der Waals surface area contributed by atoms with E-state index in [9.17, 15) is 0 Å². The molecule has 2 aromatic heterocycles. The fourth-order valence-corrected chi connectivity index (χ4v) is 2.06. The number of aromatic nitrogens is 3. The number of piperidine rings is 1.